The van der Waals surface area contributed by atoms with Crippen molar-refractivity contribution in [3.63, 3.8) is 0 Å². The molecule has 0 radical (unpaired) electrons. The Morgan fingerprint density at radius 3 is 2.57 bits per heavy atom. The maximum absolute atomic E-state index is 12.8. The van der Waals surface area contributed by atoms with Gasteiger partial charge in [0.15, 0.2) is 0 Å². The smallest absolute Gasteiger partial charge is 0.141 e. The molecular weight excluding hydrogens is 203 g/mol. The monoisotopic (exact) mass is 216 g/mol. The Balaban J connectivity index is 2.65. The molecule has 0 heterocycles. The van der Waals surface area contributed by atoms with Gasteiger partial charge in [-0.05, 0) is 44.4 Å². The van der Waals surface area contributed by atoms with Crippen LogP contribution in [-0.2, 0) is 6.42 Å². The molecular formula is C11H14ClFO. The third kappa shape index (κ3) is 3.64. The summed E-state index contributed by atoms with van der Waals surface area (Å²) in [5.74, 6) is -0.404. The molecule has 0 aliphatic heterocycles. The summed E-state index contributed by atoms with van der Waals surface area (Å²) in [6, 6.07) is 4.64. The van der Waals surface area contributed by atoms with Gasteiger partial charge in [0.1, 0.15) is 5.82 Å². The van der Waals surface area contributed by atoms with E-state index in [-0.39, 0.29) is 5.02 Å². The number of halogens is 2. The Morgan fingerprint density at radius 1 is 1.43 bits per heavy atom. The van der Waals surface area contributed by atoms with Gasteiger partial charge in [-0.25, -0.2) is 4.39 Å². The van der Waals surface area contributed by atoms with E-state index in [4.69, 9.17) is 11.6 Å². The van der Waals surface area contributed by atoms with E-state index in [0.717, 1.165) is 5.56 Å². The lowest BCUT2D eigenvalue weighted by molar-refractivity contribution is 0.0714. The standard InChI is InChI=1S/C11H14ClFO/c1-11(2,14)6-5-8-3-4-10(13)9(12)7-8/h3-4,7,14H,5-6H2,1-2H3. The van der Waals surface area contributed by atoms with Crippen LogP contribution in [0, 0.1) is 5.82 Å². The first-order chi connectivity index (χ1) is 6.38. The van der Waals surface area contributed by atoms with Gasteiger partial charge in [-0.1, -0.05) is 17.7 Å². The fraction of sp³-hybridized carbons (Fsp3) is 0.455. The van der Waals surface area contributed by atoms with Crippen molar-refractivity contribution < 1.29 is 9.50 Å². The number of hydrogen-bond acceptors (Lipinski definition) is 1. The largest absolute Gasteiger partial charge is 0.390 e. The van der Waals surface area contributed by atoms with E-state index in [1.54, 1.807) is 26.0 Å². The fourth-order valence-corrected chi connectivity index (χ4v) is 1.35. The van der Waals surface area contributed by atoms with Gasteiger partial charge >= 0.3 is 0 Å². The van der Waals surface area contributed by atoms with E-state index in [2.05, 4.69) is 0 Å². The van der Waals surface area contributed by atoms with Crippen molar-refractivity contribution in [2.45, 2.75) is 32.3 Å². The summed E-state index contributed by atoms with van der Waals surface area (Å²) in [7, 11) is 0. The van der Waals surface area contributed by atoms with Crippen LogP contribution in [0.2, 0.25) is 5.02 Å². The molecule has 0 aromatic heterocycles. The van der Waals surface area contributed by atoms with Crippen LogP contribution >= 0.6 is 11.6 Å². The fourth-order valence-electron chi connectivity index (χ4n) is 1.15. The van der Waals surface area contributed by atoms with E-state index < -0.39 is 11.4 Å². The van der Waals surface area contributed by atoms with Gasteiger partial charge in [0, 0.05) is 0 Å². The maximum Gasteiger partial charge on any atom is 0.141 e. The average molecular weight is 217 g/mol. The predicted octanol–water partition coefficient (Wildman–Crippen LogP) is 3.18. The first-order valence-electron chi connectivity index (χ1n) is 4.55. The van der Waals surface area contributed by atoms with Crippen molar-refractivity contribution in [3.8, 4) is 0 Å². The summed E-state index contributed by atoms with van der Waals surface area (Å²) in [5.41, 5.74) is 0.249. The van der Waals surface area contributed by atoms with Crippen molar-refractivity contribution >= 4 is 11.6 Å². The summed E-state index contributed by atoms with van der Waals surface area (Å²) >= 11 is 5.63. The lowest BCUT2D eigenvalue weighted by atomic mass is 9.99. The molecule has 1 aromatic carbocycles. The molecule has 0 fully saturated rings. The number of aliphatic hydroxyl groups is 1. The minimum Gasteiger partial charge on any atom is -0.390 e. The Bertz CT molecular complexity index is 318. The summed E-state index contributed by atoms with van der Waals surface area (Å²) < 4.78 is 12.8. The highest BCUT2D eigenvalue weighted by molar-refractivity contribution is 6.30. The number of rotatable bonds is 3. The molecule has 1 nitrogen and oxygen atoms in total. The molecule has 0 saturated heterocycles. The third-order valence-corrected chi connectivity index (χ3v) is 2.30. The molecule has 0 bridgehead atoms. The molecule has 1 N–H and O–H groups in total. The van der Waals surface area contributed by atoms with Gasteiger partial charge < -0.3 is 5.11 Å². The second kappa shape index (κ2) is 4.28. The van der Waals surface area contributed by atoms with Gasteiger partial charge in [0.25, 0.3) is 0 Å². The SMILES string of the molecule is CC(C)(O)CCc1ccc(F)c(Cl)c1. The van der Waals surface area contributed by atoms with Crippen molar-refractivity contribution in [1.82, 2.24) is 0 Å². The van der Waals surface area contributed by atoms with Crippen molar-refractivity contribution in [2.75, 3.05) is 0 Å². The lowest BCUT2D eigenvalue weighted by Gasteiger charge is -2.16. The summed E-state index contributed by atoms with van der Waals surface area (Å²) in [6.07, 6.45) is 1.33. The zero-order valence-electron chi connectivity index (χ0n) is 8.35. The highest BCUT2D eigenvalue weighted by atomic mass is 35.5. The Morgan fingerprint density at radius 2 is 2.07 bits per heavy atom. The first kappa shape index (κ1) is 11.5. The van der Waals surface area contributed by atoms with Crippen molar-refractivity contribution in [2.24, 2.45) is 0 Å². The molecule has 0 spiro atoms. The highest BCUT2D eigenvalue weighted by Crippen LogP contribution is 2.19. The van der Waals surface area contributed by atoms with Crippen molar-refractivity contribution in [3.05, 3.63) is 34.6 Å². The second-order valence-electron chi connectivity index (χ2n) is 4.06. The van der Waals surface area contributed by atoms with Crippen LogP contribution in [0.25, 0.3) is 0 Å². The maximum atomic E-state index is 12.8. The molecule has 14 heavy (non-hydrogen) atoms. The molecule has 0 unspecified atom stereocenters. The van der Waals surface area contributed by atoms with Crippen LogP contribution < -0.4 is 0 Å². The van der Waals surface area contributed by atoms with E-state index in [1.807, 2.05) is 0 Å². The highest BCUT2D eigenvalue weighted by Gasteiger charge is 2.12. The van der Waals surface area contributed by atoms with Gasteiger partial charge in [0.2, 0.25) is 0 Å². The lowest BCUT2D eigenvalue weighted by Crippen LogP contribution is -2.19. The molecule has 1 aromatic rings. The second-order valence-corrected chi connectivity index (χ2v) is 4.47. The van der Waals surface area contributed by atoms with E-state index >= 15 is 0 Å². The van der Waals surface area contributed by atoms with Crippen LogP contribution in [0.1, 0.15) is 25.8 Å². The molecule has 0 aliphatic rings. The molecule has 78 valence electrons. The Hall–Kier alpha value is -0.600. The molecule has 3 heteroatoms. The van der Waals surface area contributed by atoms with Crippen LogP contribution in [0.5, 0.6) is 0 Å². The van der Waals surface area contributed by atoms with Gasteiger partial charge in [0.05, 0.1) is 10.6 Å². The average Bonchev–Trinajstić information content (AvgIpc) is 2.06. The Kier molecular flexibility index (Phi) is 3.51. The van der Waals surface area contributed by atoms with Gasteiger partial charge in [-0.2, -0.15) is 0 Å². The minimum absolute atomic E-state index is 0.137. The van der Waals surface area contributed by atoms with E-state index in [9.17, 15) is 9.50 Å². The first-order valence-corrected chi connectivity index (χ1v) is 4.92. The molecule has 0 atom stereocenters. The number of benzene rings is 1. The molecule has 0 aliphatic carbocycles. The van der Waals surface area contributed by atoms with Crippen LogP contribution in [0.3, 0.4) is 0 Å². The van der Waals surface area contributed by atoms with Crippen molar-refractivity contribution in [1.29, 1.82) is 0 Å². The van der Waals surface area contributed by atoms with Crippen LogP contribution in [-0.4, -0.2) is 10.7 Å². The van der Waals surface area contributed by atoms with Crippen LogP contribution in [0.15, 0.2) is 18.2 Å². The van der Waals surface area contributed by atoms with Gasteiger partial charge in [-0.3, -0.25) is 0 Å². The topological polar surface area (TPSA) is 20.2 Å². The number of aryl methyl sites for hydroxylation is 1. The van der Waals surface area contributed by atoms with E-state index in [0.29, 0.717) is 12.8 Å². The normalized spacial score (nSPS) is 11.8. The summed E-state index contributed by atoms with van der Waals surface area (Å²) in [5, 5.41) is 9.63. The molecule has 0 amide bonds. The number of hydrogen-bond donors (Lipinski definition) is 1. The molecule has 1 rings (SSSR count). The summed E-state index contributed by atoms with van der Waals surface area (Å²) in [6.45, 7) is 3.50. The Labute approximate surface area is 88.5 Å². The predicted molar refractivity (Wildman–Crippen MR) is 56.0 cm³/mol. The third-order valence-electron chi connectivity index (χ3n) is 2.01. The zero-order chi connectivity index (χ0) is 10.8. The minimum atomic E-state index is -0.694. The van der Waals surface area contributed by atoms with E-state index in [1.165, 1.54) is 6.07 Å². The summed E-state index contributed by atoms with van der Waals surface area (Å²) in [4.78, 5) is 0. The molecule has 0 saturated carbocycles. The van der Waals surface area contributed by atoms with Crippen LogP contribution in [0.4, 0.5) is 4.39 Å². The zero-order valence-corrected chi connectivity index (χ0v) is 9.11. The quantitative estimate of drug-likeness (QED) is 0.823. The van der Waals surface area contributed by atoms with Gasteiger partial charge in [-0.15, -0.1) is 0 Å².